The highest BCUT2D eigenvalue weighted by atomic mass is 16.6. The van der Waals surface area contributed by atoms with Gasteiger partial charge in [-0.3, -0.25) is 0 Å². The van der Waals surface area contributed by atoms with Crippen LogP contribution in [-0.2, 0) is 4.74 Å². The van der Waals surface area contributed by atoms with Gasteiger partial charge in [-0.05, 0) is 50.4 Å². The first kappa shape index (κ1) is 19.6. The third-order valence-corrected chi connectivity index (χ3v) is 4.48. The zero-order chi connectivity index (χ0) is 20.3. The molecule has 0 unspecified atom stereocenters. The van der Waals surface area contributed by atoms with Crippen molar-refractivity contribution in [1.29, 1.82) is 0 Å². The van der Waals surface area contributed by atoms with Gasteiger partial charge in [-0.15, -0.1) is 5.73 Å². The van der Waals surface area contributed by atoms with Gasteiger partial charge in [0.2, 0.25) is 0 Å². The number of fused-ring (bicyclic) bond motifs is 1. The number of benzene rings is 1. The van der Waals surface area contributed by atoms with E-state index in [2.05, 4.69) is 44.6 Å². The fraction of sp³-hybridized carbons (Fsp3) is 0.364. The van der Waals surface area contributed by atoms with E-state index in [-0.39, 0.29) is 0 Å². The van der Waals surface area contributed by atoms with E-state index in [0.717, 1.165) is 27.9 Å². The van der Waals surface area contributed by atoms with Crippen molar-refractivity contribution < 1.29 is 9.53 Å². The van der Waals surface area contributed by atoms with Gasteiger partial charge < -0.3 is 15.0 Å². The van der Waals surface area contributed by atoms with Crippen molar-refractivity contribution in [1.82, 2.24) is 4.98 Å². The van der Waals surface area contributed by atoms with E-state index in [4.69, 9.17) is 4.74 Å². The minimum Gasteiger partial charge on any atom is -0.442 e. The van der Waals surface area contributed by atoms with Gasteiger partial charge in [0.1, 0.15) is 11.4 Å². The summed E-state index contributed by atoms with van der Waals surface area (Å²) in [6, 6.07) is 8.22. The summed E-state index contributed by atoms with van der Waals surface area (Å²) in [5, 5.41) is 5.36. The molecule has 0 aliphatic carbocycles. The Morgan fingerprint density at radius 2 is 2.14 bits per heavy atom. The van der Waals surface area contributed by atoms with Crippen molar-refractivity contribution in [3.05, 3.63) is 48.3 Å². The van der Waals surface area contributed by atoms with Gasteiger partial charge >= 0.3 is 6.09 Å². The summed E-state index contributed by atoms with van der Waals surface area (Å²) in [4.78, 5) is 23.0. The summed E-state index contributed by atoms with van der Waals surface area (Å²) in [6.07, 6.45) is 1.84. The molecule has 28 heavy (non-hydrogen) atoms. The number of hydrogen-bond acceptors (Lipinski definition) is 5. The van der Waals surface area contributed by atoms with Crippen LogP contribution in [0.5, 0.6) is 0 Å². The summed E-state index contributed by atoms with van der Waals surface area (Å²) in [5.41, 5.74) is 4.90. The zero-order valence-electron chi connectivity index (χ0n) is 16.9. The molecule has 1 aromatic heterocycles. The number of amides is 1. The number of pyridine rings is 1. The maximum absolute atomic E-state index is 12.1. The molecule has 1 aliphatic rings. The maximum Gasteiger partial charge on any atom is 0.434 e. The molecule has 0 atom stereocenters. The van der Waals surface area contributed by atoms with E-state index in [0.29, 0.717) is 25.2 Å². The largest absolute Gasteiger partial charge is 0.442 e. The Morgan fingerprint density at radius 3 is 2.82 bits per heavy atom. The molecule has 1 N–H and O–H groups in total. The molecule has 3 rings (SSSR count). The Bertz CT molecular complexity index is 982. The predicted octanol–water partition coefficient (Wildman–Crippen LogP) is 4.57. The van der Waals surface area contributed by atoms with Gasteiger partial charge in [0.05, 0.1) is 12.3 Å². The molecule has 2 aromatic rings. The van der Waals surface area contributed by atoms with Gasteiger partial charge in [0, 0.05) is 42.9 Å². The third-order valence-electron chi connectivity index (χ3n) is 4.48. The predicted molar refractivity (Wildman–Crippen MR) is 114 cm³/mol. The number of carbonyl (C=O) groups is 1. The lowest BCUT2D eigenvalue weighted by Gasteiger charge is -2.30. The van der Waals surface area contributed by atoms with E-state index < -0.39 is 11.7 Å². The molecule has 1 amide bonds. The van der Waals surface area contributed by atoms with Crippen molar-refractivity contribution in [3.63, 3.8) is 0 Å². The normalized spacial score (nSPS) is 16.2. The summed E-state index contributed by atoms with van der Waals surface area (Å²) in [7, 11) is 1.90. The van der Waals surface area contributed by atoms with E-state index in [1.54, 1.807) is 0 Å². The number of aromatic nitrogens is 1. The number of rotatable bonds is 2. The number of nitrogens with zero attached hydrogens (tertiary/aromatic N) is 3. The van der Waals surface area contributed by atoms with E-state index in [1.807, 2.05) is 46.1 Å². The Kier molecular flexibility index (Phi) is 5.52. The van der Waals surface area contributed by atoms with Crippen LogP contribution in [-0.4, -0.2) is 42.5 Å². The molecular weight excluding hydrogens is 352 g/mol. The van der Waals surface area contributed by atoms with Crippen LogP contribution in [0.25, 0.3) is 10.8 Å². The van der Waals surface area contributed by atoms with Crippen LogP contribution in [0.1, 0.15) is 27.2 Å². The number of ether oxygens (including phenoxy) is 1. The second-order valence-corrected chi connectivity index (χ2v) is 7.69. The third kappa shape index (κ3) is 4.41. The van der Waals surface area contributed by atoms with Gasteiger partial charge in [-0.25, -0.2) is 9.78 Å². The average Bonchev–Trinajstić information content (AvgIpc) is 2.65. The molecule has 1 aliphatic heterocycles. The summed E-state index contributed by atoms with van der Waals surface area (Å²) in [6.45, 7) is 10.5. The molecule has 6 heteroatoms. The van der Waals surface area contributed by atoms with Crippen LogP contribution in [0.2, 0.25) is 0 Å². The first-order valence-corrected chi connectivity index (χ1v) is 9.32. The Labute approximate surface area is 165 Å². The van der Waals surface area contributed by atoms with Crippen molar-refractivity contribution in [2.45, 2.75) is 32.8 Å². The minimum absolute atomic E-state index is 0.547. The van der Waals surface area contributed by atoms with Crippen LogP contribution in [0.3, 0.4) is 0 Å². The van der Waals surface area contributed by atoms with Crippen LogP contribution in [0, 0.1) is 0 Å². The summed E-state index contributed by atoms with van der Waals surface area (Å²) in [5.74, 6) is 0.907. The molecule has 0 radical (unpaired) electrons. The smallest absolute Gasteiger partial charge is 0.434 e. The number of nitrogens with one attached hydrogen (secondary N) is 1. The standard InChI is InChI=1S/C22H26N4O2/c1-6-15-14-26(12-10-19(15)25-21(27)28-22(2,3)4)20-18-8-7-17(23-5)13-16(18)9-11-24-20/h7-9,11,13,23H,1,10,12,14H2,2-5H3. The second-order valence-electron chi connectivity index (χ2n) is 7.69. The van der Waals surface area contributed by atoms with Crippen LogP contribution >= 0.6 is 0 Å². The highest BCUT2D eigenvalue weighted by Crippen LogP contribution is 2.29. The van der Waals surface area contributed by atoms with Gasteiger partial charge in [-0.2, -0.15) is 4.99 Å². The Morgan fingerprint density at radius 1 is 1.36 bits per heavy atom. The van der Waals surface area contributed by atoms with E-state index >= 15 is 0 Å². The number of piperidine rings is 1. The number of carbonyl (C=O) groups excluding carboxylic acids is 1. The van der Waals surface area contributed by atoms with Crippen LogP contribution < -0.4 is 10.2 Å². The van der Waals surface area contributed by atoms with Gasteiger partial charge in [-0.1, -0.05) is 6.58 Å². The number of aliphatic imine (C=N–C) groups is 1. The lowest BCUT2D eigenvalue weighted by Crippen LogP contribution is -2.37. The topological polar surface area (TPSA) is 66.8 Å². The molecule has 0 saturated carbocycles. The molecular formula is C22H26N4O2. The fourth-order valence-electron chi connectivity index (χ4n) is 3.18. The molecule has 1 saturated heterocycles. The average molecular weight is 378 g/mol. The minimum atomic E-state index is -0.577. The van der Waals surface area contributed by atoms with Crippen LogP contribution in [0.15, 0.2) is 53.3 Å². The number of anilines is 2. The number of hydrogen-bond donors (Lipinski definition) is 1. The molecule has 1 fully saturated rings. The quantitative estimate of drug-likeness (QED) is 0.775. The molecule has 146 valence electrons. The summed E-state index contributed by atoms with van der Waals surface area (Å²) >= 11 is 0. The van der Waals surface area contributed by atoms with E-state index in [9.17, 15) is 4.79 Å². The highest BCUT2D eigenvalue weighted by Gasteiger charge is 2.24. The lowest BCUT2D eigenvalue weighted by atomic mass is 10.0. The second kappa shape index (κ2) is 7.87. The first-order chi connectivity index (χ1) is 13.3. The highest BCUT2D eigenvalue weighted by molar-refractivity contribution is 6.07. The van der Waals surface area contributed by atoms with Crippen LogP contribution in [0.4, 0.5) is 16.3 Å². The molecule has 1 aromatic carbocycles. The van der Waals surface area contributed by atoms with E-state index in [1.165, 1.54) is 0 Å². The first-order valence-electron chi connectivity index (χ1n) is 9.32. The molecule has 0 bridgehead atoms. The van der Waals surface area contributed by atoms with Crippen molar-refractivity contribution >= 4 is 34.1 Å². The molecule has 0 spiro atoms. The van der Waals surface area contributed by atoms with Gasteiger partial charge in [0.15, 0.2) is 0 Å². The maximum atomic E-state index is 12.1. The Hall–Kier alpha value is -3.11. The monoisotopic (exact) mass is 378 g/mol. The van der Waals surface area contributed by atoms with Crippen molar-refractivity contribution in [2.75, 3.05) is 30.4 Å². The lowest BCUT2D eigenvalue weighted by molar-refractivity contribution is 0.0604. The van der Waals surface area contributed by atoms with Gasteiger partial charge in [0.25, 0.3) is 0 Å². The Balaban J connectivity index is 1.86. The summed E-state index contributed by atoms with van der Waals surface area (Å²) < 4.78 is 5.30. The van der Waals surface area contributed by atoms with Crippen molar-refractivity contribution in [2.24, 2.45) is 4.99 Å². The van der Waals surface area contributed by atoms with Crippen molar-refractivity contribution in [3.8, 4) is 0 Å². The SMILES string of the molecule is C=C=C1CN(c2nccc3cc(NC)ccc23)CCC1=NC(=O)OC(C)(C)C. The fourth-order valence-corrected chi connectivity index (χ4v) is 3.18. The molecule has 6 nitrogen and oxygen atoms in total. The zero-order valence-corrected chi connectivity index (χ0v) is 16.9. The molecule has 2 heterocycles.